The van der Waals surface area contributed by atoms with E-state index in [4.69, 9.17) is 5.10 Å². The van der Waals surface area contributed by atoms with Gasteiger partial charge in [-0.05, 0) is 0 Å². The Balaban J connectivity index is 3.38. The van der Waals surface area contributed by atoms with Crippen molar-refractivity contribution in [1.29, 1.82) is 0 Å². The first-order valence-electron chi connectivity index (χ1n) is 11.1. The molecule has 0 spiro atoms. The zero-order valence-corrected chi connectivity index (χ0v) is 22.2. The molecule has 0 bridgehead atoms. The number of amides is 1. The first-order chi connectivity index (χ1) is 13.1. The molecule has 0 aromatic carbocycles. The zero-order chi connectivity index (χ0) is 21.4. The van der Waals surface area contributed by atoms with Crippen LogP contribution in [0.2, 0.25) is 13.3 Å². The first-order valence-corrected chi connectivity index (χ1v) is 18.6. The normalized spacial score (nSPS) is 12.4. The van der Waals surface area contributed by atoms with E-state index < -0.39 is 24.5 Å². The van der Waals surface area contributed by atoms with Crippen molar-refractivity contribution in [3.8, 4) is 0 Å². The van der Waals surface area contributed by atoms with Gasteiger partial charge in [-0.25, -0.2) is 0 Å². The average molecular weight is 500 g/mol. The molecule has 6 heteroatoms. The van der Waals surface area contributed by atoms with Crippen LogP contribution in [0.4, 0.5) is 10.6 Å². The molecule has 0 aliphatic carbocycles. The quantitative estimate of drug-likeness (QED) is 0.358. The molecule has 1 amide bonds. The molecule has 5 nitrogen and oxygen atoms in total. The molecule has 1 aromatic rings. The number of nitrogens with zero attached hydrogens (tertiary/aromatic N) is 3. The Bertz CT molecular complexity index is 586. The molecule has 0 atom stereocenters. The Morgan fingerprint density at radius 2 is 1.54 bits per heavy atom. The van der Waals surface area contributed by atoms with Crippen LogP contribution in [0.5, 0.6) is 0 Å². The van der Waals surface area contributed by atoms with Crippen LogP contribution in [0.3, 0.4) is 0 Å². The van der Waals surface area contributed by atoms with E-state index in [1.165, 1.54) is 60.4 Å². The Morgan fingerprint density at radius 1 is 1.07 bits per heavy atom. The van der Waals surface area contributed by atoms with Crippen LogP contribution in [0.25, 0.3) is 0 Å². The van der Waals surface area contributed by atoms with Crippen molar-refractivity contribution in [2.24, 2.45) is 12.5 Å². The summed E-state index contributed by atoms with van der Waals surface area (Å²) in [4.78, 5) is 13.4. The minimum atomic E-state index is -2.64. The maximum absolute atomic E-state index is 12.0. The van der Waals surface area contributed by atoms with Gasteiger partial charge >= 0.3 is 177 Å². The van der Waals surface area contributed by atoms with Crippen LogP contribution in [0.1, 0.15) is 80.1 Å². The molecular weight excluding hydrogens is 457 g/mol. The first kappa shape index (κ1) is 25.3. The van der Waals surface area contributed by atoms with Crippen molar-refractivity contribution in [2.45, 2.75) is 93.4 Å². The van der Waals surface area contributed by atoms with Gasteiger partial charge in [0.15, 0.2) is 0 Å². The summed E-state index contributed by atoms with van der Waals surface area (Å²) in [5, 5.41) is 14.5. The molecule has 1 N–H and O–H groups in total. The van der Waals surface area contributed by atoms with E-state index >= 15 is 0 Å². The number of unbranched alkanes of at least 4 members (excludes halogenated alkanes) is 3. The molecule has 0 saturated heterocycles. The molecule has 0 radical (unpaired) electrons. The van der Waals surface area contributed by atoms with Crippen LogP contribution in [0, 0.1) is 5.41 Å². The number of hydrogen-bond donors (Lipinski definition) is 1. The number of aryl methyl sites for hydroxylation is 1. The molecule has 1 rings (SSSR count). The second-order valence-electron chi connectivity index (χ2n) is 9.53. The van der Waals surface area contributed by atoms with E-state index in [1.54, 1.807) is 0 Å². The molecule has 162 valence electrons. The van der Waals surface area contributed by atoms with E-state index in [0.29, 0.717) is 12.4 Å². The van der Waals surface area contributed by atoms with Crippen molar-refractivity contribution in [2.75, 3.05) is 11.4 Å². The minimum absolute atomic E-state index is 0.108. The van der Waals surface area contributed by atoms with Gasteiger partial charge in [0, 0.05) is 0 Å². The van der Waals surface area contributed by atoms with Gasteiger partial charge in [-0.2, -0.15) is 0 Å². The summed E-state index contributed by atoms with van der Waals surface area (Å²) >= 11 is -2.64. The van der Waals surface area contributed by atoms with Gasteiger partial charge in [0.1, 0.15) is 0 Å². The molecule has 1 heterocycles. The van der Waals surface area contributed by atoms with E-state index in [-0.39, 0.29) is 5.41 Å². The molecular formula is C22H43N3O2Sn. The third kappa shape index (κ3) is 7.27. The molecule has 0 saturated carbocycles. The number of carbonyl (C=O) groups is 1. The summed E-state index contributed by atoms with van der Waals surface area (Å²) in [5.74, 6) is 0.616. The molecule has 28 heavy (non-hydrogen) atoms. The predicted octanol–water partition coefficient (Wildman–Crippen LogP) is 6.01. The third-order valence-electron chi connectivity index (χ3n) is 5.58. The Labute approximate surface area is 176 Å². The third-order valence-corrected chi connectivity index (χ3v) is 21.2. The van der Waals surface area contributed by atoms with Gasteiger partial charge in [-0.3, -0.25) is 0 Å². The fourth-order valence-electron chi connectivity index (χ4n) is 4.11. The summed E-state index contributed by atoms with van der Waals surface area (Å²) in [6.45, 7) is 13.5. The van der Waals surface area contributed by atoms with Gasteiger partial charge in [0.05, 0.1) is 0 Å². The van der Waals surface area contributed by atoms with Crippen LogP contribution in [-0.4, -0.2) is 45.9 Å². The summed E-state index contributed by atoms with van der Waals surface area (Å²) in [7, 11) is 2.03. The van der Waals surface area contributed by atoms with Gasteiger partial charge < -0.3 is 0 Å². The number of carboxylic acid groups (broad SMARTS) is 1. The molecule has 0 fully saturated rings. The standard InChI is InChI=1S/C10H16N3O2.3C4H9.Sn/c1-10(2,3)7-13(9(14)15)8-5-6-12(4)11-8;3*1-3-4-2;/h5H,7H2,1-4H3,(H,14,15);3*1,3-4H2,2H3;. The Hall–Kier alpha value is -0.721. The second-order valence-corrected chi connectivity index (χ2v) is 22.6. The Morgan fingerprint density at radius 3 is 1.89 bits per heavy atom. The van der Waals surface area contributed by atoms with Crippen molar-refractivity contribution in [3.63, 3.8) is 0 Å². The maximum atomic E-state index is 12.0. The topological polar surface area (TPSA) is 58.4 Å². The second kappa shape index (κ2) is 11.5. The summed E-state index contributed by atoms with van der Waals surface area (Å²) in [5.41, 5.74) is -0.108. The summed E-state index contributed by atoms with van der Waals surface area (Å²) < 4.78 is 7.54. The zero-order valence-electron chi connectivity index (χ0n) is 19.3. The van der Waals surface area contributed by atoms with Gasteiger partial charge in [0.25, 0.3) is 0 Å². The van der Waals surface area contributed by atoms with Crippen molar-refractivity contribution >= 4 is 34.0 Å². The van der Waals surface area contributed by atoms with E-state index in [1.807, 2.05) is 11.7 Å². The van der Waals surface area contributed by atoms with Crippen LogP contribution in [-0.2, 0) is 7.05 Å². The van der Waals surface area contributed by atoms with Gasteiger partial charge in [-0.1, -0.05) is 0 Å². The van der Waals surface area contributed by atoms with E-state index in [9.17, 15) is 9.90 Å². The number of rotatable bonds is 12. The van der Waals surface area contributed by atoms with E-state index in [0.717, 1.165) is 0 Å². The summed E-state index contributed by atoms with van der Waals surface area (Å²) in [6, 6.07) is 2.15. The molecule has 1 aromatic heterocycles. The van der Waals surface area contributed by atoms with Gasteiger partial charge in [-0.15, -0.1) is 0 Å². The van der Waals surface area contributed by atoms with Gasteiger partial charge in [0.2, 0.25) is 0 Å². The molecule has 0 unspecified atom stereocenters. The van der Waals surface area contributed by atoms with Crippen LogP contribution >= 0.6 is 0 Å². The fourth-order valence-corrected chi connectivity index (χ4v) is 20.6. The monoisotopic (exact) mass is 501 g/mol. The number of hydrogen-bond acceptors (Lipinski definition) is 2. The van der Waals surface area contributed by atoms with Crippen LogP contribution in [0.15, 0.2) is 6.07 Å². The van der Waals surface area contributed by atoms with Crippen LogP contribution < -0.4 is 8.61 Å². The fraction of sp³-hybridized carbons (Fsp3) is 0.818. The van der Waals surface area contributed by atoms with Crippen molar-refractivity contribution in [3.05, 3.63) is 6.07 Å². The number of anilines is 1. The predicted molar refractivity (Wildman–Crippen MR) is 123 cm³/mol. The molecule has 0 aliphatic heterocycles. The molecule has 0 aliphatic rings. The van der Waals surface area contributed by atoms with Crippen molar-refractivity contribution in [1.82, 2.24) is 9.78 Å². The SMILES string of the molecule is CCC[CH2][Sn]([CH2]CCC)([CH2]CCC)[c]1cc(N(CC(C)(C)C)C(=O)O)nn1C. The Kier molecular flexibility index (Phi) is 10.4. The van der Waals surface area contributed by atoms with Crippen molar-refractivity contribution < 1.29 is 9.90 Å². The number of aromatic nitrogens is 2. The summed E-state index contributed by atoms with van der Waals surface area (Å²) in [6.07, 6.45) is 6.64. The average Bonchev–Trinajstić information content (AvgIpc) is 3.00. The van der Waals surface area contributed by atoms with E-state index in [2.05, 4.69) is 47.6 Å².